The number of amides is 1. The van der Waals surface area contributed by atoms with Crippen LogP contribution in [0.25, 0.3) is 0 Å². The van der Waals surface area contributed by atoms with Gasteiger partial charge in [0.2, 0.25) is 0 Å². The molecule has 1 aliphatic heterocycles. The van der Waals surface area contributed by atoms with E-state index in [0.29, 0.717) is 19.8 Å². The van der Waals surface area contributed by atoms with Crippen molar-refractivity contribution in [2.24, 2.45) is 5.92 Å². The molecule has 0 saturated carbocycles. The smallest absolute Gasteiger partial charge is 0.407 e. The number of hydrogen-bond donors (Lipinski definition) is 2. The average Bonchev–Trinajstić information content (AvgIpc) is 2.50. The number of rotatable bonds is 5. The predicted molar refractivity (Wildman–Crippen MR) is 102 cm³/mol. The van der Waals surface area contributed by atoms with Gasteiger partial charge in [-0.1, -0.05) is 15.9 Å². The molecule has 5 nitrogen and oxygen atoms in total. The number of hydrogen-bond acceptors (Lipinski definition) is 4. The van der Waals surface area contributed by atoms with Gasteiger partial charge < -0.3 is 20.1 Å². The molecule has 1 aliphatic rings. The van der Waals surface area contributed by atoms with E-state index in [1.807, 2.05) is 33.8 Å². The van der Waals surface area contributed by atoms with Gasteiger partial charge in [0.05, 0.1) is 6.61 Å². The Bertz CT molecular complexity index is 601. The van der Waals surface area contributed by atoms with Crippen molar-refractivity contribution in [3.63, 3.8) is 0 Å². The highest BCUT2D eigenvalue weighted by molar-refractivity contribution is 9.10. The van der Waals surface area contributed by atoms with Gasteiger partial charge in [-0.05, 0) is 57.9 Å². The van der Waals surface area contributed by atoms with Gasteiger partial charge >= 0.3 is 6.09 Å². The van der Waals surface area contributed by atoms with Gasteiger partial charge in [0.15, 0.2) is 0 Å². The van der Waals surface area contributed by atoms with Crippen LogP contribution in [0, 0.1) is 11.7 Å². The second-order valence-corrected chi connectivity index (χ2v) is 8.64. The van der Waals surface area contributed by atoms with E-state index in [1.54, 1.807) is 0 Å². The molecule has 0 spiro atoms. The maximum atomic E-state index is 13.5. The fourth-order valence-electron chi connectivity index (χ4n) is 3.07. The highest BCUT2D eigenvalue weighted by atomic mass is 79.9. The van der Waals surface area contributed by atoms with Crippen molar-refractivity contribution < 1.29 is 18.7 Å². The fraction of sp³-hybridized carbons (Fsp3) is 0.632. The zero-order valence-electron chi connectivity index (χ0n) is 15.8. The first kappa shape index (κ1) is 21.1. The zero-order chi connectivity index (χ0) is 19.3. The van der Waals surface area contributed by atoms with Crippen LogP contribution in [0.5, 0.6) is 0 Å². The molecule has 3 atom stereocenters. The van der Waals surface area contributed by atoms with Crippen molar-refractivity contribution in [1.29, 1.82) is 0 Å². The Hall–Kier alpha value is -1.18. The molecule has 26 heavy (non-hydrogen) atoms. The summed E-state index contributed by atoms with van der Waals surface area (Å²) in [6.45, 7) is 9.24. The summed E-state index contributed by atoms with van der Waals surface area (Å²) in [5, 5.41) is 6.39. The number of nitrogens with one attached hydrogen (secondary N) is 2. The molecule has 0 unspecified atom stereocenters. The van der Waals surface area contributed by atoms with Crippen LogP contribution in [0.1, 0.15) is 39.7 Å². The fourth-order valence-corrected chi connectivity index (χ4v) is 3.58. The van der Waals surface area contributed by atoms with Crippen LogP contribution in [0.4, 0.5) is 9.18 Å². The van der Waals surface area contributed by atoms with E-state index in [1.165, 1.54) is 12.1 Å². The second kappa shape index (κ2) is 9.15. The van der Waals surface area contributed by atoms with Gasteiger partial charge in [-0.25, -0.2) is 9.18 Å². The van der Waals surface area contributed by atoms with Crippen LogP contribution in [-0.2, 0) is 16.0 Å². The van der Waals surface area contributed by atoms with Gasteiger partial charge in [-0.2, -0.15) is 0 Å². The molecule has 1 aromatic carbocycles. The summed E-state index contributed by atoms with van der Waals surface area (Å²) in [7, 11) is 0. The van der Waals surface area contributed by atoms with Gasteiger partial charge in [0.25, 0.3) is 0 Å². The topological polar surface area (TPSA) is 59.6 Å². The standard InChI is InChI=1S/C19H28BrFN2O3/c1-12(23-18(24)26-19(2,3)4)16-11-25-6-5-17(16)22-10-13-7-14(20)9-15(21)8-13/h7-9,12,16-17,22H,5-6,10-11H2,1-4H3,(H,23,24)/t12-,16-,17+/m0/s1. The normalized spacial score (nSPS) is 21.9. The SMILES string of the molecule is C[C@H](NC(=O)OC(C)(C)C)[C@@H]1COCC[C@H]1NCc1cc(F)cc(Br)c1. The van der Waals surface area contributed by atoms with Crippen LogP contribution in [-0.4, -0.2) is 37.0 Å². The third-order valence-corrected chi connectivity index (χ3v) is 4.74. The molecule has 0 aromatic heterocycles. The summed E-state index contributed by atoms with van der Waals surface area (Å²) >= 11 is 3.32. The van der Waals surface area contributed by atoms with Crippen molar-refractivity contribution in [3.05, 3.63) is 34.1 Å². The highest BCUT2D eigenvalue weighted by Gasteiger charge is 2.31. The van der Waals surface area contributed by atoms with Gasteiger partial charge in [0.1, 0.15) is 11.4 Å². The van der Waals surface area contributed by atoms with Gasteiger partial charge in [-0.3, -0.25) is 0 Å². The summed E-state index contributed by atoms with van der Waals surface area (Å²) in [5.41, 5.74) is 0.338. The van der Waals surface area contributed by atoms with Crippen molar-refractivity contribution in [2.75, 3.05) is 13.2 Å². The van der Waals surface area contributed by atoms with E-state index in [4.69, 9.17) is 9.47 Å². The number of alkyl carbamates (subject to hydrolysis) is 1. The van der Waals surface area contributed by atoms with Crippen LogP contribution >= 0.6 is 15.9 Å². The van der Waals surface area contributed by atoms with Crippen LogP contribution in [0.3, 0.4) is 0 Å². The van der Waals surface area contributed by atoms with E-state index in [2.05, 4.69) is 26.6 Å². The summed E-state index contributed by atoms with van der Waals surface area (Å²) in [5.74, 6) is -0.159. The predicted octanol–water partition coefficient (Wildman–Crippen LogP) is 4.00. The Kier molecular flexibility index (Phi) is 7.43. The lowest BCUT2D eigenvalue weighted by atomic mass is 9.89. The first-order valence-corrected chi connectivity index (χ1v) is 9.69. The summed E-state index contributed by atoms with van der Waals surface area (Å²) in [6.07, 6.45) is 0.407. The molecule has 1 aromatic rings. The average molecular weight is 431 g/mol. The van der Waals surface area contributed by atoms with Crippen LogP contribution < -0.4 is 10.6 Å². The number of halogens is 2. The minimum absolute atomic E-state index is 0.105. The molecule has 1 heterocycles. The monoisotopic (exact) mass is 430 g/mol. The van der Waals surface area contributed by atoms with E-state index in [0.717, 1.165) is 16.5 Å². The Morgan fingerprint density at radius 2 is 2.15 bits per heavy atom. The third kappa shape index (κ3) is 6.85. The highest BCUT2D eigenvalue weighted by Crippen LogP contribution is 2.21. The molecule has 0 bridgehead atoms. The Labute approximate surface area is 163 Å². The number of ether oxygens (including phenoxy) is 2. The molecule has 7 heteroatoms. The van der Waals surface area contributed by atoms with Gasteiger partial charge in [0, 0.05) is 35.6 Å². The molecule has 0 radical (unpaired) electrons. The number of benzene rings is 1. The number of carbonyl (C=O) groups excluding carboxylic acids is 1. The minimum atomic E-state index is -0.532. The Morgan fingerprint density at radius 3 is 2.81 bits per heavy atom. The quantitative estimate of drug-likeness (QED) is 0.740. The van der Waals surface area contributed by atoms with E-state index < -0.39 is 11.7 Å². The molecule has 146 valence electrons. The summed E-state index contributed by atoms with van der Waals surface area (Å²) in [4.78, 5) is 12.0. The van der Waals surface area contributed by atoms with Crippen molar-refractivity contribution >= 4 is 22.0 Å². The lowest BCUT2D eigenvalue weighted by Crippen LogP contribution is -2.52. The first-order chi connectivity index (χ1) is 12.1. The van der Waals surface area contributed by atoms with E-state index >= 15 is 0 Å². The lowest BCUT2D eigenvalue weighted by molar-refractivity contribution is 0.0122. The Balaban J connectivity index is 1.94. The molecule has 1 saturated heterocycles. The Morgan fingerprint density at radius 1 is 1.42 bits per heavy atom. The van der Waals surface area contributed by atoms with Crippen molar-refractivity contribution in [1.82, 2.24) is 10.6 Å². The largest absolute Gasteiger partial charge is 0.444 e. The van der Waals surface area contributed by atoms with Crippen molar-refractivity contribution in [3.8, 4) is 0 Å². The molecule has 1 fully saturated rings. The van der Waals surface area contributed by atoms with E-state index in [-0.39, 0.29) is 23.8 Å². The zero-order valence-corrected chi connectivity index (χ0v) is 17.4. The summed E-state index contributed by atoms with van der Waals surface area (Å²) in [6, 6.07) is 4.91. The minimum Gasteiger partial charge on any atom is -0.444 e. The lowest BCUT2D eigenvalue weighted by Gasteiger charge is -2.36. The third-order valence-electron chi connectivity index (χ3n) is 4.28. The van der Waals surface area contributed by atoms with Crippen LogP contribution in [0.2, 0.25) is 0 Å². The molecule has 2 rings (SSSR count). The van der Waals surface area contributed by atoms with Crippen molar-refractivity contribution in [2.45, 2.75) is 58.3 Å². The molecular formula is C19H28BrFN2O3. The molecular weight excluding hydrogens is 403 g/mol. The van der Waals surface area contributed by atoms with Gasteiger partial charge in [-0.15, -0.1) is 0 Å². The summed E-state index contributed by atoms with van der Waals surface area (Å²) < 4.78 is 25.2. The first-order valence-electron chi connectivity index (χ1n) is 8.89. The van der Waals surface area contributed by atoms with Crippen LogP contribution in [0.15, 0.2) is 22.7 Å². The van der Waals surface area contributed by atoms with E-state index in [9.17, 15) is 9.18 Å². The second-order valence-electron chi connectivity index (χ2n) is 7.73. The molecule has 2 N–H and O–H groups in total. The molecule has 1 amide bonds. The maximum absolute atomic E-state index is 13.5. The molecule has 0 aliphatic carbocycles. The number of carbonyl (C=O) groups is 1. The maximum Gasteiger partial charge on any atom is 0.407 e.